The number of amides is 1. The van der Waals surface area contributed by atoms with Crippen molar-refractivity contribution >= 4 is 23.4 Å². The summed E-state index contributed by atoms with van der Waals surface area (Å²) in [5.74, 6) is 0.0297. The van der Waals surface area contributed by atoms with Crippen LogP contribution in [0, 0.1) is 18.3 Å². The summed E-state index contributed by atoms with van der Waals surface area (Å²) in [6.45, 7) is 15.4. The molecule has 0 aromatic heterocycles. The molecule has 2 aromatic rings. The Balaban J connectivity index is 2.00. The molecule has 0 fully saturated rings. The van der Waals surface area contributed by atoms with Gasteiger partial charge in [0.05, 0.1) is 0 Å². The first kappa shape index (κ1) is 23.6. The van der Waals surface area contributed by atoms with E-state index in [1.165, 1.54) is 11.3 Å². The van der Waals surface area contributed by atoms with E-state index in [0.717, 1.165) is 35.2 Å². The predicted molar refractivity (Wildman–Crippen MR) is 134 cm³/mol. The number of nitriles is 1. The summed E-state index contributed by atoms with van der Waals surface area (Å²) in [6.07, 6.45) is 3.60. The van der Waals surface area contributed by atoms with Crippen molar-refractivity contribution in [2.75, 3.05) is 10.2 Å². The maximum atomic E-state index is 12.9. The first-order valence-corrected chi connectivity index (χ1v) is 11.5. The van der Waals surface area contributed by atoms with Gasteiger partial charge in [0.25, 0.3) is 5.91 Å². The van der Waals surface area contributed by atoms with Crippen LogP contribution in [0.4, 0.5) is 11.4 Å². The van der Waals surface area contributed by atoms with Crippen LogP contribution in [-0.4, -0.2) is 17.5 Å². The van der Waals surface area contributed by atoms with Gasteiger partial charge in [-0.1, -0.05) is 32.0 Å². The van der Waals surface area contributed by atoms with Crippen molar-refractivity contribution in [3.05, 3.63) is 64.2 Å². The molecule has 0 bridgehead atoms. The van der Waals surface area contributed by atoms with Crippen LogP contribution in [0.5, 0.6) is 0 Å². The van der Waals surface area contributed by atoms with Crippen molar-refractivity contribution in [2.45, 2.75) is 78.8 Å². The highest BCUT2D eigenvalue weighted by molar-refractivity contribution is 6.10. The molecule has 1 atom stereocenters. The third-order valence-corrected chi connectivity index (χ3v) is 6.49. The monoisotopic (exact) mass is 429 g/mol. The Labute approximate surface area is 192 Å². The van der Waals surface area contributed by atoms with Crippen molar-refractivity contribution in [1.29, 1.82) is 5.26 Å². The van der Waals surface area contributed by atoms with Crippen LogP contribution in [0.1, 0.15) is 76.1 Å². The van der Waals surface area contributed by atoms with Gasteiger partial charge in [0, 0.05) is 23.0 Å². The normalized spacial score (nSPS) is 17.7. The molecule has 0 aliphatic carbocycles. The molecule has 3 rings (SSSR count). The van der Waals surface area contributed by atoms with Gasteiger partial charge in [0.1, 0.15) is 11.6 Å². The van der Waals surface area contributed by atoms with Crippen LogP contribution in [0.15, 0.2) is 42.0 Å². The van der Waals surface area contributed by atoms with Crippen LogP contribution >= 0.6 is 0 Å². The Kier molecular flexibility index (Phi) is 6.79. The molecule has 1 N–H and O–H groups in total. The number of benzene rings is 2. The van der Waals surface area contributed by atoms with Gasteiger partial charge in [-0.3, -0.25) is 4.79 Å². The molecular weight excluding hydrogens is 394 g/mol. The van der Waals surface area contributed by atoms with Crippen LogP contribution < -0.4 is 10.2 Å². The van der Waals surface area contributed by atoms with E-state index in [9.17, 15) is 10.1 Å². The molecule has 0 spiro atoms. The third-order valence-electron chi connectivity index (χ3n) is 6.49. The Hall–Kier alpha value is -3.06. The summed E-state index contributed by atoms with van der Waals surface area (Å²) in [7, 11) is 0. The van der Waals surface area contributed by atoms with Crippen molar-refractivity contribution in [3.8, 4) is 6.07 Å². The van der Waals surface area contributed by atoms with Crippen molar-refractivity contribution in [2.24, 2.45) is 0 Å². The molecule has 1 aliphatic heterocycles. The van der Waals surface area contributed by atoms with Gasteiger partial charge in [-0.15, -0.1) is 0 Å². The van der Waals surface area contributed by atoms with Gasteiger partial charge in [-0.2, -0.15) is 5.26 Å². The summed E-state index contributed by atoms with van der Waals surface area (Å²) in [6, 6.07) is 14.6. The smallest absolute Gasteiger partial charge is 0.266 e. The zero-order valence-electron chi connectivity index (χ0n) is 20.4. The van der Waals surface area contributed by atoms with E-state index in [2.05, 4.69) is 70.0 Å². The van der Waals surface area contributed by atoms with E-state index in [1.54, 1.807) is 6.08 Å². The SMILES string of the molecule is CCc1ccccc1NC(=O)/C(C#N)=C\c1cc2c(cc1C)N(C(C)C)C(C)(C)C[C@H]2C. The summed E-state index contributed by atoms with van der Waals surface area (Å²) in [5.41, 5.74) is 6.53. The van der Waals surface area contributed by atoms with Crippen LogP contribution in [0.25, 0.3) is 6.08 Å². The predicted octanol–water partition coefficient (Wildman–Crippen LogP) is 6.60. The molecule has 1 amide bonds. The highest BCUT2D eigenvalue weighted by Crippen LogP contribution is 2.45. The maximum Gasteiger partial charge on any atom is 0.266 e. The number of hydrogen-bond donors (Lipinski definition) is 1. The number of carbonyl (C=O) groups excluding carboxylic acids is 1. The van der Waals surface area contributed by atoms with Gasteiger partial charge in [-0.25, -0.2) is 0 Å². The average Bonchev–Trinajstić information content (AvgIpc) is 2.71. The van der Waals surface area contributed by atoms with E-state index in [0.29, 0.717) is 12.0 Å². The number of anilines is 2. The summed E-state index contributed by atoms with van der Waals surface area (Å²) >= 11 is 0. The first-order chi connectivity index (χ1) is 15.1. The fourth-order valence-corrected chi connectivity index (χ4v) is 5.19. The number of hydrogen-bond acceptors (Lipinski definition) is 3. The molecule has 4 heteroatoms. The second-order valence-electron chi connectivity index (χ2n) is 9.78. The summed E-state index contributed by atoms with van der Waals surface area (Å²) < 4.78 is 0. The van der Waals surface area contributed by atoms with Gasteiger partial charge < -0.3 is 10.2 Å². The lowest BCUT2D eigenvalue weighted by Crippen LogP contribution is -2.51. The lowest BCUT2D eigenvalue weighted by Gasteiger charge is -2.50. The van der Waals surface area contributed by atoms with Gasteiger partial charge in [0.2, 0.25) is 0 Å². The Morgan fingerprint density at radius 3 is 2.62 bits per heavy atom. The lowest BCUT2D eigenvalue weighted by molar-refractivity contribution is -0.112. The minimum atomic E-state index is -0.372. The number of rotatable bonds is 5. The molecule has 0 saturated carbocycles. The molecule has 0 unspecified atom stereocenters. The van der Waals surface area contributed by atoms with E-state index in [4.69, 9.17) is 0 Å². The molecule has 0 radical (unpaired) electrons. The number of para-hydroxylation sites is 1. The standard InChI is InChI=1S/C28H35N3O/c1-8-21-11-9-10-12-25(21)30-27(32)23(17-29)14-22-15-24-20(5)16-28(6,7)31(18(2)3)26(24)13-19(22)4/h9-15,18,20H,8,16H2,1-7H3,(H,30,32)/b23-14-/t20-/m1/s1. The molecule has 0 saturated heterocycles. The van der Waals surface area contributed by atoms with E-state index in [1.807, 2.05) is 31.2 Å². The molecule has 1 heterocycles. The zero-order chi connectivity index (χ0) is 23.6. The maximum absolute atomic E-state index is 12.9. The minimum Gasteiger partial charge on any atom is -0.364 e. The minimum absolute atomic E-state index is 0.0781. The van der Waals surface area contributed by atoms with E-state index >= 15 is 0 Å². The number of nitrogens with zero attached hydrogens (tertiary/aromatic N) is 2. The van der Waals surface area contributed by atoms with Crippen molar-refractivity contribution in [3.63, 3.8) is 0 Å². The average molecular weight is 430 g/mol. The van der Waals surface area contributed by atoms with Crippen LogP contribution in [0.3, 0.4) is 0 Å². The van der Waals surface area contributed by atoms with Crippen LogP contribution in [0.2, 0.25) is 0 Å². The number of fused-ring (bicyclic) bond motifs is 1. The molecule has 168 valence electrons. The first-order valence-electron chi connectivity index (χ1n) is 11.5. The van der Waals surface area contributed by atoms with Gasteiger partial charge in [0.15, 0.2) is 0 Å². The van der Waals surface area contributed by atoms with E-state index in [-0.39, 0.29) is 17.0 Å². The fourth-order valence-electron chi connectivity index (χ4n) is 5.19. The highest BCUT2D eigenvalue weighted by atomic mass is 16.1. The van der Waals surface area contributed by atoms with E-state index < -0.39 is 0 Å². The topological polar surface area (TPSA) is 56.1 Å². The van der Waals surface area contributed by atoms with Crippen molar-refractivity contribution in [1.82, 2.24) is 0 Å². The Bertz CT molecular complexity index is 1090. The number of aryl methyl sites for hydroxylation is 2. The third kappa shape index (κ3) is 4.58. The van der Waals surface area contributed by atoms with Crippen LogP contribution in [-0.2, 0) is 11.2 Å². The summed E-state index contributed by atoms with van der Waals surface area (Å²) in [5, 5.41) is 12.7. The molecule has 2 aromatic carbocycles. The number of nitrogens with one attached hydrogen (secondary N) is 1. The quantitative estimate of drug-likeness (QED) is 0.430. The van der Waals surface area contributed by atoms with Gasteiger partial charge >= 0.3 is 0 Å². The molecule has 1 aliphatic rings. The molecular formula is C28H35N3O. The Morgan fingerprint density at radius 1 is 1.31 bits per heavy atom. The number of carbonyl (C=O) groups is 1. The summed E-state index contributed by atoms with van der Waals surface area (Å²) in [4.78, 5) is 15.4. The Morgan fingerprint density at radius 2 is 2.00 bits per heavy atom. The zero-order valence-corrected chi connectivity index (χ0v) is 20.4. The van der Waals surface area contributed by atoms with Crippen molar-refractivity contribution < 1.29 is 4.79 Å². The largest absolute Gasteiger partial charge is 0.364 e. The second-order valence-corrected chi connectivity index (χ2v) is 9.78. The highest BCUT2D eigenvalue weighted by Gasteiger charge is 2.37. The lowest BCUT2D eigenvalue weighted by atomic mass is 9.78. The fraction of sp³-hybridized carbons (Fsp3) is 0.429. The molecule has 4 nitrogen and oxygen atoms in total. The second kappa shape index (κ2) is 9.20. The molecule has 32 heavy (non-hydrogen) atoms. The van der Waals surface area contributed by atoms with Gasteiger partial charge in [-0.05, 0) is 99.9 Å².